The van der Waals surface area contributed by atoms with Gasteiger partial charge >= 0.3 is 0 Å². The molecular weight excluding hydrogens is 302 g/mol. The van der Waals surface area contributed by atoms with Crippen LogP contribution in [0.25, 0.3) is 0 Å². The summed E-state index contributed by atoms with van der Waals surface area (Å²) < 4.78 is 1.08. The average Bonchev–Trinajstić information content (AvgIpc) is 2.42. The van der Waals surface area contributed by atoms with E-state index in [4.69, 9.17) is 0 Å². The number of rotatable bonds is 4. The second kappa shape index (κ2) is 6.27. The van der Waals surface area contributed by atoms with Crippen LogP contribution in [0.2, 0.25) is 0 Å². The first-order valence-electron chi connectivity index (χ1n) is 7.19. The van der Waals surface area contributed by atoms with Crippen LogP contribution in [0.5, 0.6) is 0 Å². The molecule has 0 spiro atoms. The Hall–Kier alpha value is -0.540. The monoisotopic (exact) mass is 325 g/mol. The third-order valence-corrected chi connectivity index (χ3v) is 4.91. The molecule has 0 aromatic heterocycles. The minimum absolute atomic E-state index is 0.138. The molecule has 106 valence electrons. The predicted octanol–water partition coefficient (Wildman–Crippen LogP) is 4.44. The molecule has 1 aliphatic rings. The van der Waals surface area contributed by atoms with Crippen LogP contribution < -0.4 is 5.32 Å². The second-order valence-corrected chi connectivity index (χ2v) is 7.09. The number of aliphatic hydroxyl groups excluding tert-OH is 1. The molecule has 1 aromatic carbocycles. The zero-order valence-corrected chi connectivity index (χ0v) is 13.4. The van der Waals surface area contributed by atoms with Crippen molar-refractivity contribution in [2.45, 2.75) is 45.1 Å². The third-order valence-electron chi connectivity index (χ3n) is 4.38. The summed E-state index contributed by atoms with van der Waals surface area (Å²) in [5.41, 5.74) is 0.961. The highest BCUT2D eigenvalue weighted by Crippen LogP contribution is 2.38. The zero-order valence-electron chi connectivity index (χ0n) is 11.8. The van der Waals surface area contributed by atoms with E-state index in [9.17, 15) is 5.11 Å². The SMILES string of the molecule is CC(C)C1CCCC(CO)(Nc2ccc(Br)cc2)C1. The van der Waals surface area contributed by atoms with Crippen LogP contribution in [0.1, 0.15) is 39.5 Å². The largest absolute Gasteiger partial charge is 0.394 e. The molecule has 0 saturated heterocycles. The molecule has 0 bridgehead atoms. The molecule has 3 heteroatoms. The van der Waals surface area contributed by atoms with Crippen molar-refractivity contribution in [1.82, 2.24) is 0 Å². The van der Waals surface area contributed by atoms with E-state index in [1.807, 2.05) is 12.1 Å². The Kier molecular flexibility index (Phi) is 4.91. The molecule has 2 N–H and O–H groups in total. The zero-order chi connectivity index (χ0) is 13.9. The summed E-state index contributed by atoms with van der Waals surface area (Å²) >= 11 is 3.45. The Balaban J connectivity index is 2.11. The maximum Gasteiger partial charge on any atom is 0.0661 e. The molecule has 1 aromatic rings. The van der Waals surface area contributed by atoms with Crippen LogP contribution >= 0.6 is 15.9 Å². The first-order valence-corrected chi connectivity index (χ1v) is 7.98. The minimum atomic E-state index is -0.138. The van der Waals surface area contributed by atoms with Crippen molar-refractivity contribution >= 4 is 21.6 Å². The lowest BCUT2D eigenvalue weighted by atomic mass is 9.72. The Morgan fingerprint density at radius 3 is 2.63 bits per heavy atom. The van der Waals surface area contributed by atoms with E-state index in [2.05, 4.69) is 47.2 Å². The number of aliphatic hydroxyl groups is 1. The van der Waals surface area contributed by atoms with Crippen molar-refractivity contribution in [2.75, 3.05) is 11.9 Å². The van der Waals surface area contributed by atoms with Crippen molar-refractivity contribution in [2.24, 2.45) is 11.8 Å². The molecule has 0 heterocycles. The molecule has 2 rings (SSSR count). The Labute approximate surface area is 124 Å². The van der Waals surface area contributed by atoms with Gasteiger partial charge in [0.15, 0.2) is 0 Å². The van der Waals surface area contributed by atoms with Gasteiger partial charge in [-0.2, -0.15) is 0 Å². The summed E-state index contributed by atoms with van der Waals surface area (Å²) in [4.78, 5) is 0. The lowest BCUT2D eigenvalue weighted by Gasteiger charge is -2.42. The van der Waals surface area contributed by atoms with E-state index in [0.717, 1.165) is 23.0 Å². The number of nitrogens with one attached hydrogen (secondary N) is 1. The van der Waals surface area contributed by atoms with E-state index in [1.54, 1.807) is 0 Å². The number of anilines is 1. The van der Waals surface area contributed by atoms with Gasteiger partial charge in [0.1, 0.15) is 0 Å². The van der Waals surface area contributed by atoms with E-state index >= 15 is 0 Å². The third kappa shape index (κ3) is 3.73. The highest BCUT2D eigenvalue weighted by Gasteiger charge is 2.36. The summed E-state index contributed by atoms with van der Waals surface area (Å²) in [5, 5.41) is 13.5. The molecule has 1 fully saturated rings. The molecule has 2 nitrogen and oxygen atoms in total. The normalized spacial score (nSPS) is 27.5. The van der Waals surface area contributed by atoms with Crippen molar-refractivity contribution in [1.29, 1.82) is 0 Å². The van der Waals surface area contributed by atoms with E-state index < -0.39 is 0 Å². The Morgan fingerprint density at radius 1 is 1.37 bits per heavy atom. The summed E-state index contributed by atoms with van der Waals surface area (Å²) in [5.74, 6) is 1.40. The van der Waals surface area contributed by atoms with Crippen LogP contribution in [0, 0.1) is 11.8 Å². The molecular formula is C16H24BrNO. The van der Waals surface area contributed by atoms with E-state index in [1.165, 1.54) is 12.8 Å². The standard InChI is InChI=1S/C16H24BrNO/c1-12(2)13-4-3-9-16(10-13,11-19)18-15-7-5-14(17)6-8-15/h5-8,12-13,18-19H,3-4,9-11H2,1-2H3. The van der Waals surface area contributed by atoms with Gasteiger partial charge in [-0.05, 0) is 48.9 Å². The maximum absolute atomic E-state index is 9.89. The fraction of sp³-hybridized carbons (Fsp3) is 0.625. The van der Waals surface area contributed by atoms with Gasteiger partial charge in [0.2, 0.25) is 0 Å². The number of hydrogen-bond acceptors (Lipinski definition) is 2. The molecule has 0 radical (unpaired) electrons. The number of benzene rings is 1. The summed E-state index contributed by atoms with van der Waals surface area (Å²) in [6, 6.07) is 8.22. The Morgan fingerprint density at radius 2 is 2.05 bits per heavy atom. The first kappa shape index (κ1) is 14.9. The molecule has 1 aliphatic carbocycles. The van der Waals surface area contributed by atoms with Gasteiger partial charge in [0, 0.05) is 10.2 Å². The summed E-state index contributed by atoms with van der Waals surface area (Å²) in [6.45, 7) is 4.79. The smallest absolute Gasteiger partial charge is 0.0661 e. The van der Waals surface area contributed by atoms with Gasteiger partial charge in [-0.1, -0.05) is 42.6 Å². The van der Waals surface area contributed by atoms with Crippen molar-refractivity contribution < 1.29 is 5.11 Å². The molecule has 2 atom stereocenters. The van der Waals surface area contributed by atoms with Gasteiger partial charge in [0.25, 0.3) is 0 Å². The van der Waals surface area contributed by atoms with Gasteiger partial charge < -0.3 is 10.4 Å². The summed E-state index contributed by atoms with van der Waals surface area (Å²) in [6.07, 6.45) is 4.62. The Bertz CT molecular complexity index is 404. The summed E-state index contributed by atoms with van der Waals surface area (Å²) in [7, 11) is 0. The van der Waals surface area contributed by atoms with Crippen molar-refractivity contribution in [3.63, 3.8) is 0 Å². The van der Waals surface area contributed by atoms with Crippen LogP contribution in [0.3, 0.4) is 0 Å². The molecule has 0 amide bonds. The van der Waals surface area contributed by atoms with Crippen LogP contribution in [-0.2, 0) is 0 Å². The van der Waals surface area contributed by atoms with Crippen molar-refractivity contribution in [3.05, 3.63) is 28.7 Å². The number of hydrogen-bond donors (Lipinski definition) is 2. The van der Waals surface area contributed by atoms with E-state index in [0.29, 0.717) is 11.8 Å². The van der Waals surface area contributed by atoms with Crippen LogP contribution in [0.15, 0.2) is 28.7 Å². The minimum Gasteiger partial charge on any atom is -0.394 e. The first-order chi connectivity index (χ1) is 9.04. The van der Waals surface area contributed by atoms with Gasteiger partial charge in [-0.3, -0.25) is 0 Å². The van der Waals surface area contributed by atoms with Crippen LogP contribution in [-0.4, -0.2) is 17.3 Å². The molecule has 2 unspecified atom stereocenters. The lowest BCUT2D eigenvalue weighted by Crippen LogP contribution is -2.47. The highest BCUT2D eigenvalue weighted by molar-refractivity contribution is 9.10. The topological polar surface area (TPSA) is 32.3 Å². The van der Waals surface area contributed by atoms with Crippen LogP contribution in [0.4, 0.5) is 5.69 Å². The van der Waals surface area contributed by atoms with Crippen molar-refractivity contribution in [3.8, 4) is 0 Å². The average molecular weight is 326 g/mol. The fourth-order valence-corrected chi connectivity index (χ4v) is 3.38. The molecule has 19 heavy (non-hydrogen) atoms. The maximum atomic E-state index is 9.89. The van der Waals surface area contributed by atoms with E-state index in [-0.39, 0.29) is 12.1 Å². The lowest BCUT2D eigenvalue weighted by molar-refractivity contribution is 0.126. The number of halogens is 1. The highest BCUT2D eigenvalue weighted by atomic mass is 79.9. The van der Waals surface area contributed by atoms with Gasteiger partial charge in [-0.25, -0.2) is 0 Å². The fourth-order valence-electron chi connectivity index (χ4n) is 3.11. The molecule has 0 aliphatic heterocycles. The van der Waals surface area contributed by atoms with Gasteiger partial charge in [0.05, 0.1) is 12.1 Å². The van der Waals surface area contributed by atoms with Gasteiger partial charge in [-0.15, -0.1) is 0 Å². The quantitative estimate of drug-likeness (QED) is 0.857. The predicted molar refractivity (Wildman–Crippen MR) is 84.4 cm³/mol. The second-order valence-electron chi connectivity index (χ2n) is 6.17. The molecule has 1 saturated carbocycles.